The zero-order valence-corrected chi connectivity index (χ0v) is 17.0. The van der Waals surface area contributed by atoms with Crippen molar-refractivity contribution in [1.82, 2.24) is 0 Å². The second-order valence-corrected chi connectivity index (χ2v) is 7.01. The molecule has 0 heterocycles. The maximum Gasteiger partial charge on any atom is 0.397 e. The van der Waals surface area contributed by atoms with Crippen LogP contribution in [0.5, 0.6) is 0 Å². The Hall–Kier alpha value is -1.22. The summed E-state index contributed by atoms with van der Waals surface area (Å²) in [4.78, 5) is 0.101. The van der Waals surface area contributed by atoms with Gasteiger partial charge in [0.05, 0.1) is 17.3 Å². The maximum absolute atomic E-state index is 11.8. The van der Waals surface area contributed by atoms with Crippen molar-refractivity contribution in [3.05, 3.63) is 42.5 Å². The van der Waals surface area contributed by atoms with Crippen molar-refractivity contribution in [3.8, 4) is 0 Å². The molecule has 8 heteroatoms. The molecule has 6 nitrogen and oxygen atoms in total. The average Bonchev–Trinajstić information content (AvgIpc) is 2.54. The second kappa shape index (κ2) is 14.2. The van der Waals surface area contributed by atoms with E-state index in [4.69, 9.17) is 4.55 Å². The Kier molecular flexibility index (Phi) is 16.3. The molecule has 0 bridgehead atoms. The van der Waals surface area contributed by atoms with Crippen molar-refractivity contribution in [3.63, 3.8) is 0 Å². The predicted molar refractivity (Wildman–Crippen MR) is 99.4 cm³/mol. The smallest absolute Gasteiger partial charge is 0.264 e. The number of hydrogen-bond acceptors (Lipinski definition) is 5. The molecule has 0 amide bonds. The molecule has 0 spiro atoms. The summed E-state index contributed by atoms with van der Waals surface area (Å²) in [5.74, 6) is -0.519. The minimum atomic E-state index is -4.61. The highest BCUT2D eigenvalue weighted by atomic mass is 32.3. The second-order valence-electron chi connectivity index (χ2n) is 3.81. The van der Waals surface area contributed by atoms with E-state index in [1.54, 1.807) is 13.0 Å². The molecule has 0 saturated carbocycles. The zero-order valence-electron chi connectivity index (χ0n) is 15.4. The summed E-state index contributed by atoms with van der Waals surface area (Å²) in [5, 5.41) is 0. The van der Waals surface area contributed by atoms with Gasteiger partial charge in [-0.15, -0.1) is 13.2 Å². The van der Waals surface area contributed by atoms with Crippen LogP contribution in [-0.2, 0) is 24.4 Å². The Morgan fingerprint density at radius 1 is 0.958 bits per heavy atom. The van der Waals surface area contributed by atoms with Crippen molar-refractivity contribution < 1.29 is 25.6 Å². The van der Waals surface area contributed by atoms with Crippen LogP contribution in [0.25, 0.3) is 0 Å². The SMILES string of the molecule is C=C.CC.CC.Cc1ccc(S(=O)(=O)CCOS(=O)(=O)O)cc1C. The molecular formula is C16H30O6S2. The molecule has 0 aromatic heterocycles. The summed E-state index contributed by atoms with van der Waals surface area (Å²) >= 11 is 0. The maximum atomic E-state index is 11.8. The van der Waals surface area contributed by atoms with E-state index in [2.05, 4.69) is 17.3 Å². The summed E-state index contributed by atoms with van der Waals surface area (Å²) in [5.41, 5.74) is 1.79. The van der Waals surface area contributed by atoms with Crippen LogP contribution < -0.4 is 0 Å². The molecule has 0 unspecified atom stereocenters. The quantitative estimate of drug-likeness (QED) is 0.615. The van der Waals surface area contributed by atoms with Gasteiger partial charge in [-0.05, 0) is 37.1 Å². The fraction of sp³-hybridized carbons (Fsp3) is 0.500. The summed E-state index contributed by atoms with van der Waals surface area (Å²) in [7, 11) is -8.23. The number of rotatable bonds is 5. The first kappa shape index (κ1) is 27.6. The van der Waals surface area contributed by atoms with E-state index in [1.165, 1.54) is 12.1 Å². The fourth-order valence-corrected chi connectivity index (χ4v) is 2.84. The summed E-state index contributed by atoms with van der Waals surface area (Å²) in [6, 6.07) is 4.63. The van der Waals surface area contributed by atoms with Crippen molar-refractivity contribution in [1.29, 1.82) is 0 Å². The van der Waals surface area contributed by atoms with E-state index in [1.807, 2.05) is 34.6 Å². The number of benzene rings is 1. The number of sulfone groups is 1. The summed E-state index contributed by atoms with van der Waals surface area (Å²) in [6.45, 7) is 17.0. The van der Waals surface area contributed by atoms with Crippen LogP contribution in [0.15, 0.2) is 36.3 Å². The van der Waals surface area contributed by atoms with Gasteiger partial charge in [0.1, 0.15) is 0 Å². The van der Waals surface area contributed by atoms with Gasteiger partial charge in [-0.3, -0.25) is 4.55 Å². The van der Waals surface area contributed by atoms with Gasteiger partial charge in [0.15, 0.2) is 9.84 Å². The van der Waals surface area contributed by atoms with Gasteiger partial charge < -0.3 is 0 Å². The molecule has 24 heavy (non-hydrogen) atoms. The monoisotopic (exact) mass is 382 g/mol. The molecule has 0 atom stereocenters. The van der Waals surface area contributed by atoms with Crippen molar-refractivity contribution >= 4 is 20.2 Å². The molecule has 1 N–H and O–H groups in total. The van der Waals surface area contributed by atoms with E-state index in [0.717, 1.165) is 11.1 Å². The highest BCUT2D eigenvalue weighted by Crippen LogP contribution is 2.16. The Bertz CT molecular complexity index is 649. The molecule has 0 radical (unpaired) electrons. The van der Waals surface area contributed by atoms with Crippen LogP contribution >= 0.6 is 0 Å². The molecule has 0 aliphatic rings. The standard InChI is InChI=1S/C10H14O6S2.2C2H6.C2H4/c1-8-3-4-10(7-9(8)2)17(11,12)6-5-16-18(13,14)15;3*1-2/h3-4,7H,5-6H2,1-2H3,(H,13,14,15);2*1-2H3;1-2H2. The van der Waals surface area contributed by atoms with Crippen LogP contribution in [0.4, 0.5) is 0 Å². The fourth-order valence-electron chi connectivity index (χ4n) is 1.27. The van der Waals surface area contributed by atoms with Gasteiger partial charge in [-0.1, -0.05) is 33.8 Å². The van der Waals surface area contributed by atoms with Gasteiger partial charge in [0.2, 0.25) is 0 Å². The normalized spacial score (nSPS) is 10.1. The van der Waals surface area contributed by atoms with E-state index in [-0.39, 0.29) is 4.90 Å². The van der Waals surface area contributed by atoms with E-state index in [0.29, 0.717) is 0 Å². The highest BCUT2D eigenvalue weighted by Gasteiger charge is 2.16. The van der Waals surface area contributed by atoms with Gasteiger partial charge in [0, 0.05) is 0 Å². The lowest BCUT2D eigenvalue weighted by molar-refractivity contribution is 0.284. The van der Waals surface area contributed by atoms with Crippen molar-refractivity contribution in [2.24, 2.45) is 0 Å². The predicted octanol–water partition coefficient (Wildman–Crippen LogP) is 3.75. The summed E-state index contributed by atoms with van der Waals surface area (Å²) in [6.07, 6.45) is 0. The lowest BCUT2D eigenvalue weighted by atomic mass is 10.1. The van der Waals surface area contributed by atoms with Gasteiger partial charge >= 0.3 is 10.4 Å². The third-order valence-electron chi connectivity index (χ3n) is 2.42. The molecular weight excluding hydrogens is 352 g/mol. The lowest BCUT2D eigenvalue weighted by Crippen LogP contribution is -2.15. The summed E-state index contributed by atoms with van der Waals surface area (Å²) < 4.78 is 56.5. The minimum Gasteiger partial charge on any atom is -0.264 e. The Labute approximate surface area is 147 Å². The van der Waals surface area contributed by atoms with Crippen molar-refractivity contribution in [2.75, 3.05) is 12.4 Å². The lowest BCUT2D eigenvalue weighted by Gasteiger charge is -2.06. The third-order valence-corrected chi connectivity index (χ3v) is 4.56. The molecule has 0 fully saturated rings. The minimum absolute atomic E-state index is 0.101. The first-order valence-corrected chi connectivity index (χ1v) is 10.6. The van der Waals surface area contributed by atoms with E-state index >= 15 is 0 Å². The Balaban J connectivity index is -0.000000659. The van der Waals surface area contributed by atoms with E-state index < -0.39 is 32.6 Å². The molecule has 1 aromatic rings. The molecule has 0 aliphatic heterocycles. The Morgan fingerprint density at radius 3 is 1.79 bits per heavy atom. The first-order valence-electron chi connectivity index (χ1n) is 7.54. The van der Waals surface area contributed by atoms with Crippen LogP contribution in [0.2, 0.25) is 0 Å². The molecule has 142 valence electrons. The topological polar surface area (TPSA) is 97.7 Å². The van der Waals surface area contributed by atoms with Crippen LogP contribution in [-0.4, -0.2) is 33.7 Å². The number of aryl methyl sites for hydroxylation is 2. The van der Waals surface area contributed by atoms with Crippen molar-refractivity contribution in [2.45, 2.75) is 46.4 Å². The van der Waals surface area contributed by atoms with Crippen LogP contribution in [0.1, 0.15) is 38.8 Å². The molecule has 1 rings (SSSR count). The average molecular weight is 383 g/mol. The van der Waals surface area contributed by atoms with Gasteiger partial charge in [0.25, 0.3) is 0 Å². The van der Waals surface area contributed by atoms with Crippen LogP contribution in [0.3, 0.4) is 0 Å². The Morgan fingerprint density at radius 2 is 1.42 bits per heavy atom. The largest absolute Gasteiger partial charge is 0.397 e. The van der Waals surface area contributed by atoms with Gasteiger partial charge in [-0.2, -0.15) is 8.42 Å². The number of hydrogen-bond donors (Lipinski definition) is 1. The molecule has 1 aromatic carbocycles. The zero-order chi connectivity index (χ0) is 20.0. The van der Waals surface area contributed by atoms with E-state index in [9.17, 15) is 16.8 Å². The highest BCUT2D eigenvalue weighted by molar-refractivity contribution is 7.91. The van der Waals surface area contributed by atoms with Crippen LogP contribution in [0, 0.1) is 13.8 Å². The third kappa shape index (κ3) is 12.2. The first-order chi connectivity index (χ1) is 11.1. The van der Waals surface area contributed by atoms with Gasteiger partial charge in [-0.25, -0.2) is 12.6 Å². The molecule has 0 aliphatic carbocycles. The molecule has 0 saturated heterocycles.